The standard InChI is InChI=1S/C25H20ClFN4O4/c1-2-34-22-12-17(14-29-31-25(33)19-9-8-16(13-28)11-21(19)27)10-20(26)24(22)35-15-23(32)30-18-6-4-3-5-7-18/h3-12,14H,2,15H2,1H3,(H,30,32)(H,31,33)/b29-14-. The van der Waals surface area contributed by atoms with Gasteiger partial charge in [-0.25, -0.2) is 9.82 Å². The van der Waals surface area contributed by atoms with Crippen molar-refractivity contribution in [3.8, 4) is 17.6 Å². The van der Waals surface area contributed by atoms with Gasteiger partial charge >= 0.3 is 0 Å². The smallest absolute Gasteiger partial charge is 0.274 e. The third-order valence-electron chi connectivity index (χ3n) is 4.46. The topological polar surface area (TPSA) is 113 Å². The highest BCUT2D eigenvalue weighted by Gasteiger charge is 2.15. The first-order valence-corrected chi connectivity index (χ1v) is 10.8. The molecule has 0 fully saturated rings. The minimum Gasteiger partial charge on any atom is -0.490 e. The number of ether oxygens (including phenoxy) is 2. The molecule has 3 rings (SSSR count). The van der Waals surface area contributed by atoms with Gasteiger partial charge in [0.2, 0.25) is 0 Å². The van der Waals surface area contributed by atoms with Crippen molar-refractivity contribution >= 4 is 35.3 Å². The van der Waals surface area contributed by atoms with Gasteiger partial charge < -0.3 is 14.8 Å². The van der Waals surface area contributed by atoms with Crippen LogP contribution in [0.5, 0.6) is 11.5 Å². The average Bonchev–Trinajstić information content (AvgIpc) is 2.84. The van der Waals surface area contributed by atoms with Crippen LogP contribution in [-0.4, -0.2) is 31.2 Å². The Balaban J connectivity index is 1.67. The van der Waals surface area contributed by atoms with Gasteiger partial charge in [-0.1, -0.05) is 29.8 Å². The number of rotatable bonds is 9. The van der Waals surface area contributed by atoms with Crippen LogP contribution in [0, 0.1) is 17.1 Å². The van der Waals surface area contributed by atoms with E-state index >= 15 is 0 Å². The maximum absolute atomic E-state index is 14.0. The van der Waals surface area contributed by atoms with E-state index in [-0.39, 0.29) is 40.2 Å². The summed E-state index contributed by atoms with van der Waals surface area (Å²) >= 11 is 6.34. The number of carbonyl (C=O) groups is 2. The minimum absolute atomic E-state index is 0.0977. The van der Waals surface area contributed by atoms with Crippen molar-refractivity contribution in [1.82, 2.24) is 5.43 Å². The fourth-order valence-electron chi connectivity index (χ4n) is 2.92. The Morgan fingerprint density at radius 3 is 2.60 bits per heavy atom. The summed E-state index contributed by atoms with van der Waals surface area (Å²) in [5.41, 5.74) is 3.14. The van der Waals surface area contributed by atoms with E-state index in [1.807, 2.05) is 6.07 Å². The number of halogens is 2. The summed E-state index contributed by atoms with van der Waals surface area (Å²) in [7, 11) is 0. The van der Waals surface area contributed by atoms with E-state index < -0.39 is 11.7 Å². The third kappa shape index (κ3) is 7.03. The summed E-state index contributed by atoms with van der Waals surface area (Å²) in [4.78, 5) is 24.4. The van der Waals surface area contributed by atoms with Crippen molar-refractivity contribution < 1.29 is 23.5 Å². The van der Waals surface area contributed by atoms with E-state index in [9.17, 15) is 14.0 Å². The monoisotopic (exact) mass is 494 g/mol. The van der Waals surface area contributed by atoms with E-state index in [4.69, 9.17) is 26.3 Å². The van der Waals surface area contributed by atoms with Crippen LogP contribution in [0.3, 0.4) is 0 Å². The molecule has 2 amide bonds. The Hall–Kier alpha value is -4.42. The minimum atomic E-state index is -0.837. The summed E-state index contributed by atoms with van der Waals surface area (Å²) in [5, 5.41) is 15.5. The number of nitrogens with one attached hydrogen (secondary N) is 2. The quantitative estimate of drug-likeness (QED) is 0.335. The maximum atomic E-state index is 14.0. The molecule has 0 aliphatic rings. The number of amides is 2. The molecule has 3 aromatic rings. The van der Waals surface area contributed by atoms with E-state index in [0.29, 0.717) is 17.9 Å². The molecular weight excluding hydrogens is 475 g/mol. The summed E-state index contributed by atoms with van der Waals surface area (Å²) in [5.74, 6) is -1.55. The Morgan fingerprint density at radius 1 is 1.14 bits per heavy atom. The van der Waals surface area contributed by atoms with Crippen LogP contribution in [0.1, 0.15) is 28.4 Å². The number of hydrazone groups is 1. The number of nitrogens with zero attached hydrogens (tertiary/aromatic N) is 2. The maximum Gasteiger partial charge on any atom is 0.274 e. The largest absolute Gasteiger partial charge is 0.490 e. The summed E-state index contributed by atoms with van der Waals surface area (Å²) in [6, 6.07) is 17.3. The van der Waals surface area contributed by atoms with Gasteiger partial charge in [-0.2, -0.15) is 10.4 Å². The first-order chi connectivity index (χ1) is 16.9. The molecular formula is C25H20ClFN4O4. The van der Waals surface area contributed by atoms with Crippen LogP contribution in [0.4, 0.5) is 10.1 Å². The molecule has 2 N–H and O–H groups in total. The first-order valence-electron chi connectivity index (χ1n) is 10.4. The molecule has 35 heavy (non-hydrogen) atoms. The molecule has 178 valence electrons. The van der Waals surface area contributed by atoms with Crippen LogP contribution >= 0.6 is 11.6 Å². The lowest BCUT2D eigenvalue weighted by molar-refractivity contribution is -0.118. The number of hydrogen-bond donors (Lipinski definition) is 2. The summed E-state index contributed by atoms with van der Waals surface area (Å²) < 4.78 is 25.2. The van der Waals surface area contributed by atoms with Crippen molar-refractivity contribution in [3.63, 3.8) is 0 Å². The lowest BCUT2D eigenvalue weighted by atomic mass is 10.1. The highest BCUT2D eigenvalue weighted by atomic mass is 35.5. The Morgan fingerprint density at radius 2 is 1.91 bits per heavy atom. The van der Waals surface area contributed by atoms with Crippen LogP contribution in [0.2, 0.25) is 5.02 Å². The molecule has 10 heteroatoms. The molecule has 0 aliphatic heterocycles. The zero-order valence-corrected chi connectivity index (χ0v) is 19.3. The molecule has 0 bridgehead atoms. The molecule has 3 aromatic carbocycles. The van der Waals surface area contributed by atoms with E-state index in [0.717, 1.165) is 6.07 Å². The number of benzene rings is 3. The SMILES string of the molecule is CCOc1cc(/C=N\NC(=O)c2ccc(C#N)cc2F)cc(Cl)c1OCC(=O)Nc1ccccc1. The van der Waals surface area contributed by atoms with Crippen LogP contribution < -0.4 is 20.2 Å². The fourth-order valence-corrected chi connectivity index (χ4v) is 3.19. The molecule has 8 nitrogen and oxygen atoms in total. The molecule has 0 aliphatic carbocycles. The van der Waals surface area contributed by atoms with Gasteiger partial charge in [0.1, 0.15) is 5.82 Å². The Labute approximate surface area is 205 Å². The number of anilines is 1. The van der Waals surface area contributed by atoms with Gasteiger partial charge in [0.25, 0.3) is 11.8 Å². The van der Waals surface area contributed by atoms with Gasteiger partial charge in [0.15, 0.2) is 18.1 Å². The van der Waals surface area contributed by atoms with Gasteiger partial charge in [0, 0.05) is 5.69 Å². The van der Waals surface area contributed by atoms with Gasteiger partial charge in [-0.15, -0.1) is 0 Å². The highest BCUT2D eigenvalue weighted by molar-refractivity contribution is 6.32. The van der Waals surface area contributed by atoms with Crippen molar-refractivity contribution in [2.45, 2.75) is 6.92 Å². The molecule has 0 saturated heterocycles. The van der Waals surface area contributed by atoms with Crippen LogP contribution in [-0.2, 0) is 4.79 Å². The van der Waals surface area contributed by atoms with Crippen molar-refractivity contribution in [3.05, 3.63) is 88.2 Å². The Kier molecular flexibility index (Phi) is 8.76. The number of para-hydroxylation sites is 1. The fraction of sp³-hybridized carbons (Fsp3) is 0.120. The normalized spacial score (nSPS) is 10.5. The van der Waals surface area contributed by atoms with Gasteiger partial charge in [0.05, 0.1) is 35.0 Å². The second kappa shape index (κ2) is 12.2. The second-order valence-electron chi connectivity index (χ2n) is 6.97. The lowest BCUT2D eigenvalue weighted by Gasteiger charge is -2.14. The van der Waals surface area contributed by atoms with E-state index in [1.165, 1.54) is 24.4 Å². The predicted molar refractivity (Wildman–Crippen MR) is 129 cm³/mol. The molecule has 0 unspecified atom stereocenters. The molecule has 0 heterocycles. The van der Waals surface area contributed by atoms with E-state index in [2.05, 4.69) is 15.8 Å². The van der Waals surface area contributed by atoms with Crippen LogP contribution in [0.25, 0.3) is 0 Å². The van der Waals surface area contributed by atoms with Gasteiger partial charge in [-0.3, -0.25) is 9.59 Å². The highest BCUT2D eigenvalue weighted by Crippen LogP contribution is 2.36. The van der Waals surface area contributed by atoms with Crippen molar-refractivity contribution in [2.75, 3.05) is 18.5 Å². The summed E-state index contributed by atoms with van der Waals surface area (Å²) in [6.45, 7) is 1.78. The average molecular weight is 495 g/mol. The zero-order valence-electron chi connectivity index (χ0n) is 18.5. The molecule has 0 spiro atoms. The zero-order chi connectivity index (χ0) is 25.2. The van der Waals surface area contributed by atoms with Crippen molar-refractivity contribution in [1.29, 1.82) is 5.26 Å². The summed E-state index contributed by atoms with van der Waals surface area (Å²) in [6.07, 6.45) is 1.29. The lowest BCUT2D eigenvalue weighted by Crippen LogP contribution is -2.20. The van der Waals surface area contributed by atoms with Gasteiger partial charge in [-0.05, 0) is 55.0 Å². The predicted octanol–water partition coefficient (Wildman–Crippen LogP) is 4.53. The third-order valence-corrected chi connectivity index (χ3v) is 4.74. The Bertz CT molecular complexity index is 1290. The number of nitriles is 1. The number of hydrogen-bond acceptors (Lipinski definition) is 6. The molecule has 0 radical (unpaired) electrons. The van der Waals surface area contributed by atoms with Crippen molar-refractivity contribution in [2.24, 2.45) is 5.10 Å². The first kappa shape index (κ1) is 25.2. The molecule has 0 aromatic heterocycles. The van der Waals surface area contributed by atoms with Crippen LogP contribution in [0.15, 0.2) is 65.8 Å². The molecule has 0 saturated carbocycles. The number of carbonyl (C=O) groups excluding carboxylic acids is 2. The second-order valence-corrected chi connectivity index (χ2v) is 7.38. The van der Waals surface area contributed by atoms with E-state index in [1.54, 1.807) is 43.3 Å². The molecule has 0 atom stereocenters.